The monoisotopic (exact) mass is 286 g/mol. The van der Waals surface area contributed by atoms with E-state index in [4.69, 9.17) is 23.2 Å². The first-order valence-corrected chi connectivity index (χ1v) is 6.72. The molecule has 0 atom stereocenters. The van der Waals surface area contributed by atoms with E-state index < -0.39 is 5.82 Å². The number of benzene rings is 2. The molecule has 0 saturated heterocycles. The standard InChI is InChI=1S/C13H9Cl2FS/c14-11-4-2-1-3-9(11)8-17-10-5-6-13(16)12(15)7-10/h1-7H,8H2. The van der Waals surface area contributed by atoms with Crippen molar-refractivity contribution in [1.82, 2.24) is 0 Å². The van der Waals surface area contributed by atoms with E-state index in [2.05, 4.69) is 0 Å². The molecule has 4 heteroatoms. The Kier molecular flexibility index (Phi) is 4.32. The summed E-state index contributed by atoms with van der Waals surface area (Å²) in [4.78, 5) is 0.927. The molecule has 0 nitrogen and oxygen atoms in total. The minimum Gasteiger partial charge on any atom is -0.205 e. The Labute approximate surface area is 114 Å². The molecule has 88 valence electrons. The minimum atomic E-state index is -0.395. The summed E-state index contributed by atoms with van der Waals surface area (Å²) in [6.45, 7) is 0. The van der Waals surface area contributed by atoms with Crippen molar-refractivity contribution in [3.05, 3.63) is 63.9 Å². The molecule has 0 aromatic heterocycles. The van der Waals surface area contributed by atoms with Gasteiger partial charge in [-0.1, -0.05) is 41.4 Å². The van der Waals surface area contributed by atoms with Gasteiger partial charge in [0, 0.05) is 15.7 Å². The second-order valence-electron chi connectivity index (χ2n) is 3.46. The zero-order chi connectivity index (χ0) is 12.3. The van der Waals surface area contributed by atoms with E-state index in [1.54, 1.807) is 23.9 Å². The van der Waals surface area contributed by atoms with Crippen molar-refractivity contribution in [1.29, 1.82) is 0 Å². The molecule has 2 aromatic rings. The normalized spacial score (nSPS) is 10.5. The molecule has 0 N–H and O–H groups in total. The summed E-state index contributed by atoms with van der Waals surface area (Å²) < 4.78 is 13.0. The highest BCUT2D eigenvalue weighted by Crippen LogP contribution is 2.29. The Morgan fingerprint density at radius 3 is 2.47 bits per heavy atom. The van der Waals surface area contributed by atoms with Crippen molar-refractivity contribution in [3.63, 3.8) is 0 Å². The number of hydrogen-bond donors (Lipinski definition) is 0. The summed E-state index contributed by atoms with van der Waals surface area (Å²) in [5.74, 6) is 0.343. The van der Waals surface area contributed by atoms with Crippen LogP contribution in [0.25, 0.3) is 0 Å². The van der Waals surface area contributed by atoms with E-state index in [1.165, 1.54) is 6.07 Å². The lowest BCUT2D eigenvalue weighted by Gasteiger charge is -2.04. The summed E-state index contributed by atoms with van der Waals surface area (Å²) in [5.41, 5.74) is 1.06. The number of halogens is 3. The molecule has 0 aliphatic rings. The molecule has 2 rings (SSSR count). The molecule has 0 spiro atoms. The van der Waals surface area contributed by atoms with Crippen LogP contribution in [0.1, 0.15) is 5.56 Å². The molecule has 0 unspecified atom stereocenters. The van der Waals surface area contributed by atoms with Gasteiger partial charge in [0.2, 0.25) is 0 Å². The van der Waals surface area contributed by atoms with Crippen LogP contribution < -0.4 is 0 Å². The molecule has 0 fully saturated rings. The van der Waals surface area contributed by atoms with Gasteiger partial charge in [-0.15, -0.1) is 11.8 Å². The quantitative estimate of drug-likeness (QED) is 0.679. The third kappa shape index (κ3) is 3.38. The molecule has 17 heavy (non-hydrogen) atoms. The highest BCUT2D eigenvalue weighted by Gasteiger charge is 2.03. The lowest BCUT2D eigenvalue weighted by Crippen LogP contribution is -1.83. The van der Waals surface area contributed by atoms with Gasteiger partial charge in [0.1, 0.15) is 5.82 Å². The first-order valence-electron chi connectivity index (χ1n) is 4.98. The van der Waals surface area contributed by atoms with Crippen LogP contribution in [-0.2, 0) is 5.75 Å². The molecule has 0 aliphatic heterocycles. The molecule has 0 radical (unpaired) electrons. The smallest absolute Gasteiger partial charge is 0.141 e. The summed E-state index contributed by atoms with van der Waals surface area (Å²) in [6, 6.07) is 12.4. The Hall–Kier alpha value is -0.700. The molecule has 2 aromatic carbocycles. The van der Waals surface area contributed by atoms with Crippen molar-refractivity contribution in [2.24, 2.45) is 0 Å². The summed E-state index contributed by atoms with van der Waals surface area (Å²) in [7, 11) is 0. The highest BCUT2D eigenvalue weighted by atomic mass is 35.5. The summed E-state index contributed by atoms with van der Waals surface area (Å²) >= 11 is 13.3. The van der Waals surface area contributed by atoms with Gasteiger partial charge in [0.05, 0.1) is 5.02 Å². The van der Waals surface area contributed by atoms with Gasteiger partial charge in [0.25, 0.3) is 0 Å². The largest absolute Gasteiger partial charge is 0.205 e. The average molecular weight is 287 g/mol. The Balaban J connectivity index is 2.08. The molecular weight excluding hydrogens is 278 g/mol. The number of thioether (sulfide) groups is 1. The van der Waals surface area contributed by atoms with Gasteiger partial charge in [0.15, 0.2) is 0 Å². The van der Waals surface area contributed by atoms with Crippen LogP contribution in [0.4, 0.5) is 4.39 Å². The predicted molar refractivity (Wildman–Crippen MR) is 72.4 cm³/mol. The minimum absolute atomic E-state index is 0.147. The Bertz CT molecular complexity index is 529. The van der Waals surface area contributed by atoms with E-state index in [0.717, 1.165) is 21.2 Å². The van der Waals surface area contributed by atoms with Gasteiger partial charge in [-0.05, 0) is 29.8 Å². The zero-order valence-electron chi connectivity index (χ0n) is 8.79. The van der Waals surface area contributed by atoms with E-state index >= 15 is 0 Å². The maximum Gasteiger partial charge on any atom is 0.141 e. The van der Waals surface area contributed by atoms with Crippen molar-refractivity contribution < 1.29 is 4.39 Å². The lowest BCUT2D eigenvalue weighted by molar-refractivity contribution is 0.627. The highest BCUT2D eigenvalue weighted by molar-refractivity contribution is 7.98. The van der Waals surface area contributed by atoms with Crippen molar-refractivity contribution in [2.75, 3.05) is 0 Å². The van der Waals surface area contributed by atoms with Crippen LogP contribution in [0.3, 0.4) is 0 Å². The van der Waals surface area contributed by atoms with E-state index in [0.29, 0.717) is 0 Å². The predicted octanol–water partition coefficient (Wildman–Crippen LogP) is 5.42. The SMILES string of the molecule is Fc1ccc(SCc2ccccc2Cl)cc1Cl. The summed E-state index contributed by atoms with van der Waals surface area (Å²) in [6.07, 6.45) is 0. The van der Waals surface area contributed by atoms with E-state index in [9.17, 15) is 4.39 Å². The van der Waals surface area contributed by atoms with Gasteiger partial charge in [-0.2, -0.15) is 0 Å². The molecule has 0 saturated carbocycles. The lowest BCUT2D eigenvalue weighted by atomic mass is 10.2. The van der Waals surface area contributed by atoms with Gasteiger partial charge in [-0.3, -0.25) is 0 Å². The van der Waals surface area contributed by atoms with Crippen LogP contribution in [-0.4, -0.2) is 0 Å². The van der Waals surface area contributed by atoms with Crippen LogP contribution in [0.15, 0.2) is 47.4 Å². The fraction of sp³-hybridized carbons (Fsp3) is 0.0769. The van der Waals surface area contributed by atoms with Crippen LogP contribution in [0.2, 0.25) is 10.0 Å². The molecule has 0 bridgehead atoms. The third-order valence-corrected chi connectivity index (χ3v) is 3.94. The van der Waals surface area contributed by atoms with Crippen LogP contribution in [0, 0.1) is 5.82 Å². The number of hydrogen-bond acceptors (Lipinski definition) is 1. The molecule has 0 amide bonds. The van der Waals surface area contributed by atoms with E-state index in [1.807, 2.05) is 24.3 Å². The van der Waals surface area contributed by atoms with Gasteiger partial charge in [-0.25, -0.2) is 4.39 Å². The first-order chi connectivity index (χ1) is 8.16. The maximum atomic E-state index is 13.0. The van der Waals surface area contributed by atoms with Crippen molar-refractivity contribution >= 4 is 35.0 Å². The summed E-state index contributed by atoms with van der Waals surface area (Å²) in [5, 5.41) is 0.891. The molecular formula is C13H9Cl2FS. The average Bonchev–Trinajstić information content (AvgIpc) is 2.32. The van der Waals surface area contributed by atoms with Crippen molar-refractivity contribution in [3.8, 4) is 0 Å². The van der Waals surface area contributed by atoms with E-state index in [-0.39, 0.29) is 5.02 Å². The Morgan fingerprint density at radius 1 is 1.00 bits per heavy atom. The van der Waals surface area contributed by atoms with Crippen molar-refractivity contribution in [2.45, 2.75) is 10.6 Å². The molecule has 0 aliphatic carbocycles. The van der Waals surface area contributed by atoms with Crippen LogP contribution in [0.5, 0.6) is 0 Å². The zero-order valence-corrected chi connectivity index (χ0v) is 11.1. The second-order valence-corrected chi connectivity index (χ2v) is 5.32. The maximum absolute atomic E-state index is 13.0. The third-order valence-electron chi connectivity index (χ3n) is 2.24. The molecule has 0 heterocycles. The number of rotatable bonds is 3. The van der Waals surface area contributed by atoms with Crippen LogP contribution >= 0.6 is 35.0 Å². The Morgan fingerprint density at radius 2 is 1.76 bits per heavy atom. The fourth-order valence-electron chi connectivity index (χ4n) is 1.34. The second kappa shape index (κ2) is 5.76. The topological polar surface area (TPSA) is 0 Å². The van der Waals surface area contributed by atoms with Gasteiger partial charge >= 0.3 is 0 Å². The fourth-order valence-corrected chi connectivity index (χ4v) is 2.81. The first kappa shape index (κ1) is 12.7. The van der Waals surface area contributed by atoms with Gasteiger partial charge < -0.3 is 0 Å².